The van der Waals surface area contributed by atoms with Gasteiger partial charge in [0, 0.05) is 79.5 Å². The van der Waals surface area contributed by atoms with Gasteiger partial charge in [0.25, 0.3) is 0 Å². The molecule has 10 atom stereocenters. The Morgan fingerprint density at radius 1 is 0.508 bits per heavy atom. The van der Waals surface area contributed by atoms with Crippen molar-refractivity contribution in [1.29, 1.82) is 0 Å². The van der Waals surface area contributed by atoms with Crippen LogP contribution in [0.4, 0.5) is 24.0 Å². The van der Waals surface area contributed by atoms with Crippen LogP contribution in [-0.2, 0) is 49.0 Å². The van der Waals surface area contributed by atoms with E-state index in [0.29, 0.717) is 64.7 Å². The molecule has 10 amide bonds. The summed E-state index contributed by atoms with van der Waals surface area (Å²) in [6.45, 7) is 17.5. The molecule has 5 aliphatic carbocycles. The van der Waals surface area contributed by atoms with Crippen molar-refractivity contribution in [2.75, 3.05) is 32.7 Å². The number of hydrogen-bond donors (Lipinski definition) is 3. The largest absolute Gasteiger partial charge is 1.00 e. The predicted octanol–water partition coefficient (Wildman–Crippen LogP) is 6.19. The van der Waals surface area contributed by atoms with Crippen LogP contribution >= 0.6 is 0 Å². The number of terminal acetylenes is 1. The Bertz CT molecular complexity index is 5030. The maximum Gasteiger partial charge on any atom is 1.00 e. The molecule has 124 heavy (non-hydrogen) atoms. The van der Waals surface area contributed by atoms with Crippen LogP contribution in [0.5, 0.6) is 0 Å². The summed E-state index contributed by atoms with van der Waals surface area (Å²) >= 11 is 0. The van der Waals surface area contributed by atoms with Crippen LogP contribution in [0.15, 0.2) is 157 Å². The molecule has 5 spiro atoms. The molecule has 22 rings (SSSR count). The Kier molecular flexibility index (Phi) is 28.4. The van der Waals surface area contributed by atoms with Gasteiger partial charge in [0.2, 0.25) is 0 Å². The van der Waals surface area contributed by atoms with Crippen LogP contribution < -0.4 is 79.0 Å². The zero-order valence-electron chi connectivity index (χ0n) is 70.1. The van der Waals surface area contributed by atoms with E-state index in [1.54, 1.807) is 43.4 Å². The predicted molar refractivity (Wildman–Crippen MR) is 448 cm³/mol. The summed E-state index contributed by atoms with van der Waals surface area (Å²) in [5.74, 6) is 0. The summed E-state index contributed by atoms with van der Waals surface area (Å²) in [6, 6.07) is 35.8. The number of urea groups is 5. The van der Waals surface area contributed by atoms with Crippen molar-refractivity contribution in [1.82, 2.24) is 70.4 Å². The molecule has 10 bridgehead atoms. The second-order valence-electron chi connectivity index (χ2n) is 36.6. The van der Waals surface area contributed by atoms with Crippen molar-refractivity contribution in [2.24, 2.45) is 32.2 Å². The van der Waals surface area contributed by atoms with Gasteiger partial charge in [-0.25, -0.2) is 29.0 Å². The van der Waals surface area contributed by atoms with Crippen LogP contribution in [-0.4, -0.2) is 238 Å². The van der Waals surface area contributed by atoms with E-state index in [0.717, 1.165) is 146 Å². The Balaban J connectivity index is 0.000000130. The first-order chi connectivity index (χ1) is 58.0. The Morgan fingerprint density at radius 3 is 1.13 bits per heavy atom. The minimum absolute atomic E-state index is 0. The van der Waals surface area contributed by atoms with E-state index in [2.05, 4.69) is 96.4 Å². The van der Waals surface area contributed by atoms with Gasteiger partial charge in [0.1, 0.15) is 82.9 Å². The van der Waals surface area contributed by atoms with Gasteiger partial charge < -0.3 is 52.5 Å². The molecule has 5 radical (unpaired) electrons. The summed E-state index contributed by atoms with van der Waals surface area (Å²) in [5, 5.41) is 45.7. The molecule has 10 aliphatic heterocycles. The molecule has 4 aromatic heterocycles. The first-order valence-electron chi connectivity index (χ1n) is 41.4. The van der Waals surface area contributed by atoms with Crippen LogP contribution in [0.1, 0.15) is 167 Å². The van der Waals surface area contributed by atoms with Crippen molar-refractivity contribution in [3.8, 4) is 12.0 Å². The zero-order valence-corrected chi connectivity index (χ0v) is 79.2. The average Bonchev–Trinajstić information content (AvgIpc) is 1.53. The number of nitrogens with zero attached hydrogens (tertiary/aromatic N) is 15. The van der Waals surface area contributed by atoms with Crippen molar-refractivity contribution in [3.05, 3.63) is 174 Å². The number of oxime groups is 1. The van der Waals surface area contributed by atoms with Crippen molar-refractivity contribution in [3.63, 3.8) is 0 Å². The van der Waals surface area contributed by atoms with E-state index in [1.807, 2.05) is 107 Å². The first kappa shape index (κ1) is 93.8. The number of piperidine rings is 5. The number of carbonyl (C=O) groups excluding carboxylic acids is 5. The van der Waals surface area contributed by atoms with E-state index in [9.17, 15) is 37.6 Å². The van der Waals surface area contributed by atoms with Gasteiger partial charge >= 0.3 is 109 Å². The molecule has 41 heteroatoms. The number of hydrogen-bond acceptors (Lipinski definition) is 22. The molecule has 5 saturated carbocycles. The van der Waals surface area contributed by atoms with Gasteiger partial charge in [-0.1, -0.05) is 163 Å². The molecule has 10 saturated heterocycles. The van der Waals surface area contributed by atoms with Crippen molar-refractivity contribution < 1.29 is 158 Å². The number of fused-ring (bicyclic) bond motifs is 15. The normalized spacial score (nSPS) is 26.5. The van der Waals surface area contributed by atoms with Crippen molar-refractivity contribution >= 4 is 90.8 Å². The van der Waals surface area contributed by atoms with Crippen LogP contribution in [0.25, 0.3) is 0 Å². The first-order valence-corrected chi connectivity index (χ1v) is 49.8. The number of rotatable bonds is 17. The third-order valence-corrected chi connectivity index (χ3v) is 29.8. The minimum atomic E-state index is -4.73. The maximum absolute atomic E-state index is 13.2. The summed E-state index contributed by atoms with van der Waals surface area (Å²) in [6.07, 6.45) is 26.2. The molecule has 15 fully saturated rings. The summed E-state index contributed by atoms with van der Waals surface area (Å²) in [5.41, 5.74) is 9.55. The summed E-state index contributed by atoms with van der Waals surface area (Å²) in [4.78, 5) is 89.6. The second-order valence-corrected chi connectivity index (χ2v) is 47.4. The third-order valence-electron chi connectivity index (χ3n) is 26.9. The average molecular weight is 1870 g/mol. The number of aromatic nitrogens is 4. The molecular weight excluding hydrogens is 1770 g/mol. The Hall–Kier alpha value is -7.80. The van der Waals surface area contributed by atoms with Crippen LogP contribution in [0, 0.1) is 39.0 Å². The standard InChI is InChI=1S/C21H27N3O3Si.C18H19N3O3.C16H19N3O3.C11H13N3O6S.C11H13N3O3.C5H10Si.CH4.B3.Cs.FH/c1-28(2,3)19-11-16(22-27-19)17-12-21(9-10-21)18-13-23(17)20(25)24(18)26-14-15-7-5-4-6-8-15;22-17-20-11-16(21(17)24-12-13-4-2-1-3-5-13)18(7-8-18)10-15(20)14-6-9-23-19-14;20-15-18-10-14(16(6-7-16)8-13(18)9-17-21)19(15)22-11-12-4-2-1-3-5-12;15-10-13-6-9(14(10)20-21(16,17)18)11(2-3-11)5-8(13)7-1-4-19-12-7;15-10-13-6-9(14(10)16)11(2-3-11)5-8(13)7-1-4-17-12-7;1-5-6(2,3)4;;1-3-2;;/h4-8,11,17-18H,9-10,12-14H2,1-3H3;1-6,9,15-16H,7-8,10-12H2;1-5,9,13-14,21H,6-8,10-11H2;1,4,8-9H,2-3,5-6H2,(H,16,17,18);1,4,8-9,16H,2-3,5-6H2;1H,2-4H3;1H4;;;1H/q;;;;;;;;+1;/p-1/b;;17-9+;;;;;;;/t17-,18-;15-,16-;13-,14-;2*8-,9-;;;;;/m00000...../s1. The smallest absolute Gasteiger partial charge is 1.00 e. The van der Waals surface area contributed by atoms with Crippen LogP contribution in [0.3, 0.4) is 0 Å². The number of halogens is 1. The van der Waals surface area contributed by atoms with Gasteiger partial charge in [-0.3, -0.25) is 24.3 Å². The summed E-state index contributed by atoms with van der Waals surface area (Å²) < 4.78 is 55.6. The van der Waals surface area contributed by atoms with Crippen LogP contribution in [0.2, 0.25) is 39.3 Å². The van der Waals surface area contributed by atoms with Gasteiger partial charge in [-0.05, 0) is 140 Å². The van der Waals surface area contributed by atoms with E-state index in [-0.39, 0.29) is 193 Å². The monoisotopic (exact) mass is 1870 g/mol. The number of carbonyl (C=O) groups is 5. The SMILES string of the molecule is C.C#C[Si](C)(C)C.C[Si](C)(C)c1cc([C@@H]2CC3(CC3)[C@@H]3CN2C(=O)N3OCc2ccccc2)no1.O=C1N(O)[C@H]2CN1[C@H](c1ccon1)CC21CC1.O=C1N2C[C@H](N1OCc1ccccc1)C1(CC1)C[C@H]2/C=N/O.O=C1N2C[C@H](N1OCc1ccccc1)C1(CC1)C[C@H]2c1ccon1.O=C1N2C[C@H](N1OS(=O)(=O)O)C1(CC1)C[C@H]2c1ccon1.[B][B][B].[Cs+].[F-]. The number of amides is 10. The van der Waals surface area contributed by atoms with E-state index in [1.165, 1.54) is 23.6 Å². The molecule has 0 unspecified atom stereocenters. The Labute approximate surface area is 785 Å². The molecule has 3 N–H and O–H groups in total. The summed E-state index contributed by atoms with van der Waals surface area (Å²) in [7, 11) is 2.60. The number of hydroxylamine groups is 10. The second kappa shape index (κ2) is 37.5. The number of benzene rings is 3. The maximum atomic E-state index is 13.2. The van der Waals surface area contributed by atoms with E-state index in [4.69, 9.17) is 48.8 Å². The topological polar surface area (TPSA) is 366 Å². The molecule has 651 valence electrons. The van der Waals surface area contributed by atoms with Gasteiger partial charge in [-0.15, -0.1) is 16.3 Å². The molecule has 33 nitrogen and oxygen atoms in total. The quantitative estimate of drug-likeness (QED) is 0.0174. The third kappa shape index (κ3) is 19.5. The van der Waals surface area contributed by atoms with Gasteiger partial charge in [-0.2, -0.15) is 28.7 Å². The van der Waals surface area contributed by atoms with E-state index >= 15 is 0 Å². The van der Waals surface area contributed by atoms with Gasteiger partial charge in [0.15, 0.2) is 0 Å². The molecular formula is C83H105B3CsFN15O18SSi2. The Morgan fingerprint density at radius 2 is 0.815 bits per heavy atom. The fourth-order valence-electron chi connectivity index (χ4n) is 19.2. The zero-order chi connectivity index (χ0) is 85.2. The molecule has 3 aromatic carbocycles. The fourth-order valence-corrected chi connectivity index (χ4v) is 20.5. The minimum Gasteiger partial charge on any atom is -1.00 e. The van der Waals surface area contributed by atoms with Gasteiger partial charge in [0.05, 0.1) is 66.6 Å². The fraction of sp³-hybridized carbons (Fsp3) is 0.542. The van der Waals surface area contributed by atoms with Crippen molar-refractivity contribution in [2.45, 2.75) is 223 Å². The molecule has 14 heterocycles. The molecule has 7 aromatic rings. The molecule has 15 aliphatic rings. The van der Waals surface area contributed by atoms with E-state index < -0.39 is 32.6 Å².